The number of nitrogens with zero attached hydrogens (tertiary/aromatic N) is 1. The van der Waals surface area contributed by atoms with Gasteiger partial charge in [0.2, 0.25) is 0 Å². The van der Waals surface area contributed by atoms with Crippen molar-refractivity contribution in [2.24, 2.45) is 4.99 Å². The molecule has 25 heavy (non-hydrogen) atoms. The lowest BCUT2D eigenvalue weighted by Gasteiger charge is -2.09. The van der Waals surface area contributed by atoms with Crippen LogP contribution < -0.4 is 10.1 Å². The molecule has 2 aromatic rings. The van der Waals surface area contributed by atoms with Crippen LogP contribution in [0.25, 0.3) is 6.08 Å². The normalized spacial score (nSPS) is 17.1. The van der Waals surface area contributed by atoms with Gasteiger partial charge < -0.3 is 15.2 Å². The molecule has 1 amide bonds. The van der Waals surface area contributed by atoms with E-state index in [0.29, 0.717) is 28.0 Å². The third-order valence-corrected chi connectivity index (χ3v) is 4.66. The van der Waals surface area contributed by atoms with Crippen LogP contribution >= 0.6 is 27.7 Å². The molecule has 1 heterocycles. The minimum absolute atomic E-state index is 0.000557. The largest absolute Gasteiger partial charge is 0.504 e. The summed E-state index contributed by atoms with van der Waals surface area (Å²) < 4.78 is 6.16. The van der Waals surface area contributed by atoms with Gasteiger partial charge in [-0.05, 0) is 49.0 Å². The number of hydrogen-bond donors (Lipinski definition) is 2. The molecule has 1 fully saturated rings. The van der Waals surface area contributed by atoms with Crippen molar-refractivity contribution in [2.45, 2.75) is 6.92 Å². The highest BCUT2D eigenvalue weighted by Crippen LogP contribution is 2.37. The molecule has 0 radical (unpaired) electrons. The molecule has 0 aromatic heterocycles. The molecule has 5 nitrogen and oxygen atoms in total. The van der Waals surface area contributed by atoms with E-state index >= 15 is 0 Å². The van der Waals surface area contributed by atoms with Crippen molar-refractivity contribution in [3.05, 3.63) is 57.4 Å². The van der Waals surface area contributed by atoms with E-state index in [4.69, 9.17) is 4.74 Å². The van der Waals surface area contributed by atoms with Crippen molar-refractivity contribution in [3.8, 4) is 11.5 Å². The van der Waals surface area contributed by atoms with Crippen LogP contribution in [-0.4, -0.2) is 22.8 Å². The summed E-state index contributed by atoms with van der Waals surface area (Å²) in [6.07, 6.45) is 1.62. The molecule has 7 heteroatoms. The monoisotopic (exact) mass is 418 g/mol. The van der Waals surface area contributed by atoms with Crippen molar-refractivity contribution < 1.29 is 14.6 Å². The predicted molar refractivity (Wildman–Crippen MR) is 104 cm³/mol. The number of phenols is 1. The van der Waals surface area contributed by atoms with Crippen molar-refractivity contribution in [2.75, 3.05) is 6.61 Å². The van der Waals surface area contributed by atoms with Crippen molar-refractivity contribution in [1.82, 2.24) is 5.32 Å². The maximum Gasteiger partial charge on any atom is 0.264 e. The highest BCUT2D eigenvalue weighted by molar-refractivity contribution is 9.10. The number of thioether (sulfide) groups is 1. The third kappa shape index (κ3) is 4.24. The summed E-state index contributed by atoms with van der Waals surface area (Å²) in [5.74, 6) is 0.113. The Hall–Kier alpha value is -2.25. The zero-order valence-electron chi connectivity index (χ0n) is 13.3. The van der Waals surface area contributed by atoms with Gasteiger partial charge in [-0.2, -0.15) is 0 Å². The predicted octanol–water partition coefficient (Wildman–Crippen LogP) is 4.45. The number of ether oxygens (including phenoxy) is 1. The number of amides is 1. The Labute approximate surface area is 157 Å². The molecule has 2 aromatic carbocycles. The topological polar surface area (TPSA) is 70.9 Å². The standard InChI is InChI=1S/C18H15BrN2O3S/c1-2-24-14-10-12(19)8-11(16(14)22)9-15-17(23)21-18(25-15)20-13-6-4-3-5-7-13/h3-10,22H,2H2,1H3,(H,20,21,23)/b15-9+. The van der Waals surface area contributed by atoms with Crippen LogP contribution in [0, 0.1) is 0 Å². The Bertz CT molecular complexity index is 866. The fourth-order valence-corrected chi connectivity index (χ4v) is 3.50. The van der Waals surface area contributed by atoms with Crippen LogP contribution in [0.2, 0.25) is 0 Å². The van der Waals surface area contributed by atoms with Gasteiger partial charge in [0.15, 0.2) is 16.7 Å². The second kappa shape index (κ2) is 7.76. The van der Waals surface area contributed by atoms with Crippen LogP contribution in [0.3, 0.4) is 0 Å². The highest BCUT2D eigenvalue weighted by atomic mass is 79.9. The highest BCUT2D eigenvalue weighted by Gasteiger charge is 2.24. The Morgan fingerprint density at radius 2 is 2.08 bits per heavy atom. The Kier molecular flexibility index (Phi) is 5.45. The van der Waals surface area contributed by atoms with Crippen molar-refractivity contribution in [3.63, 3.8) is 0 Å². The number of para-hydroxylation sites is 1. The number of hydrogen-bond acceptors (Lipinski definition) is 5. The second-order valence-electron chi connectivity index (χ2n) is 5.09. The van der Waals surface area contributed by atoms with Crippen LogP contribution in [0.5, 0.6) is 11.5 Å². The van der Waals surface area contributed by atoms with E-state index < -0.39 is 0 Å². The van der Waals surface area contributed by atoms with Crippen LogP contribution in [0.15, 0.2) is 56.8 Å². The van der Waals surface area contributed by atoms with Gasteiger partial charge in [0.1, 0.15) is 0 Å². The number of carbonyl (C=O) groups is 1. The first-order valence-electron chi connectivity index (χ1n) is 7.56. The van der Waals surface area contributed by atoms with Crippen LogP contribution in [0.1, 0.15) is 12.5 Å². The number of amidine groups is 1. The Morgan fingerprint density at radius 1 is 1.32 bits per heavy atom. The van der Waals surface area contributed by atoms with E-state index in [-0.39, 0.29) is 11.7 Å². The number of aliphatic imine (C=N–C) groups is 1. The minimum Gasteiger partial charge on any atom is -0.504 e. The van der Waals surface area contributed by atoms with Gasteiger partial charge in [0.25, 0.3) is 5.91 Å². The first-order chi connectivity index (χ1) is 12.1. The van der Waals surface area contributed by atoms with E-state index in [0.717, 1.165) is 10.2 Å². The molecule has 0 aliphatic carbocycles. The zero-order chi connectivity index (χ0) is 17.8. The molecule has 128 valence electrons. The molecule has 1 aliphatic heterocycles. The van der Waals surface area contributed by atoms with E-state index in [9.17, 15) is 9.90 Å². The molecule has 2 N–H and O–H groups in total. The SMILES string of the molecule is CCOc1cc(Br)cc(/C=C2/SC(=Nc3ccccc3)NC2=O)c1O. The number of rotatable bonds is 4. The van der Waals surface area contributed by atoms with Crippen LogP contribution in [-0.2, 0) is 4.79 Å². The molecule has 1 saturated heterocycles. The summed E-state index contributed by atoms with van der Waals surface area (Å²) in [6.45, 7) is 2.27. The first kappa shape index (κ1) is 17.6. The fourth-order valence-electron chi connectivity index (χ4n) is 2.21. The first-order valence-corrected chi connectivity index (χ1v) is 9.17. The summed E-state index contributed by atoms with van der Waals surface area (Å²) >= 11 is 4.61. The number of halogens is 1. The summed E-state index contributed by atoms with van der Waals surface area (Å²) in [5.41, 5.74) is 1.26. The lowest BCUT2D eigenvalue weighted by Crippen LogP contribution is -2.19. The Morgan fingerprint density at radius 3 is 2.80 bits per heavy atom. The minimum atomic E-state index is -0.253. The number of aromatic hydroxyl groups is 1. The molecular formula is C18H15BrN2O3S. The third-order valence-electron chi connectivity index (χ3n) is 3.29. The van der Waals surface area contributed by atoms with Gasteiger partial charge in [0.05, 0.1) is 17.2 Å². The molecular weight excluding hydrogens is 404 g/mol. The molecule has 1 aliphatic rings. The second-order valence-corrected chi connectivity index (χ2v) is 7.04. The number of phenolic OH excluding ortho intramolecular Hbond substituents is 1. The number of benzene rings is 2. The van der Waals surface area contributed by atoms with Gasteiger partial charge in [-0.3, -0.25) is 4.79 Å². The molecule has 0 spiro atoms. The number of carbonyl (C=O) groups excluding carboxylic acids is 1. The number of nitrogens with one attached hydrogen (secondary N) is 1. The zero-order valence-corrected chi connectivity index (χ0v) is 15.7. The molecule has 0 unspecified atom stereocenters. The molecule has 0 atom stereocenters. The average molecular weight is 419 g/mol. The van der Waals surface area contributed by atoms with Gasteiger partial charge in [-0.1, -0.05) is 34.1 Å². The van der Waals surface area contributed by atoms with E-state index in [2.05, 4.69) is 26.2 Å². The quantitative estimate of drug-likeness (QED) is 0.719. The van der Waals surface area contributed by atoms with E-state index in [1.807, 2.05) is 37.3 Å². The van der Waals surface area contributed by atoms with Crippen molar-refractivity contribution >= 4 is 50.5 Å². The smallest absolute Gasteiger partial charge is 0.264 e. The van der Waals surface area contributed by atoms with E-state index in [1.54, 1.807) is 18.2 Å². The van der Waals surface area contributed by atoms with E-state index in [1.165, 1.54) is 11.8 Å². The maximum absolute atomic E-state index is 12.2. The maximum atomic E-state index is 12.2. The average Bonchev–Trinajstić information content (AvgIpc) is 2.92. The van der Waals surface area contributed by atoms with Gasteiger partial charge in [-0.15, -0.1) is 0 Å². The Balaban J connectivity index is 1.90. The summed E-state index contributed by atoms with van der Waals surface area (Å²) in [7, 11) is 0. The van der Waals surface area contributed by atoms with Crippen LogP contribution in [0.4, 0.5) is 5.69 Å². The molecule has 0 bridgehead atoms. The molecule has 3 rings (SSSR count). The lowest BCUT2D eigenvalue weighted by molar-refractivity contribution is -0.115. The molecule has 0 saturated carbocycles. The van der Waals surface area contributed by atoms with Gasteiger partial charge in [-0.25, -0.2) is 4.99 Å². The van der Waals surface area contributed by atoms with Crippen molar-refractivity contribution in [1.29, 1.82) is 0 Å². The lowest BCUT2D eigenvalue weighted by atomic mass is 10.1. The summed E-state index contributed by atoms with van der Waals surface area (Å²) in [4.78, 5) is 17.0. The summed E-state index contributed by atoms with van der Waals surface area (Å²) in [5, 5.41) is 13.6. The summed E-state index contributed by atoms with van der Waals surface area (Å²) in [6, 6.07) is 12.8. The van der Waals surface area contributed by atoms with Gasteiger partial charge >= 0.3 is 0 Å². The fraction of sp³-hybridized carbons (Fsp3) is 0.111. The van der Waals surface area contributed by atoms with Gasteiger partial charge in [0, 0.05) is 10.0 Å².